The monoisotopic (exact) mass is 219 g/mol. The first kappa shape index (κ1) is 11.6. The second-order valence-electron chi connectivity index (χ2n) is 4.49. The van der Waals surface area contributed by atoms with Gasteiger partial charge in [0.1, 0.15) is 0 Å². The highest BCUT2D eigenvalue weighted by molar-refractivity contribution is 5.26. The van der Waals surface area contributed by atoms with Crippen LogP contribution < -0.4 is 5.73 Å². The highest BCUT2D eigenvalue weighted by atomic mass is 16.5. The summed E-state index contributed by atoms with van der Waals surface area (Å²) >= 11 is 0. The van der Waals surface area contributed by atoms with E-state index in [1.54, 1.807) is 0 Å². The summed E-state index contributed by atoms with van der Waals surface area (Å²) in [6.45, 7) is 3.75. The zero-order valence-electron chi connectivity index (χ0n) is 9.99. The first-order valence-electron chi connectivity index (χ1n) is 6.25. The predicted molar refractivity (Wildman–Crippen MR) is 66.6 cm³/mol. The van der Waals surface area contributed by atoms with Crippen LogP contribution in [0.15, 0.2) is 24.3 Å². The Morgan fingerprint density at radius 2 is 2.12 bits per heavy atom. The largest absolute Gasteiger partial charge is 0.378 e. The Kier molecular flexibility index (Phi) is 3.97. The molecule has 0 saturated carbocycles. The molecule has 0 amide bonds. The molecule has 1 heterocycles. The molecule has 1 saturated heterocycles. The third kappa shape index (κ3) is 2.45. The summed E-state index contributed by atoms with van der Waals surface area (Å²) in [5.74, 6) is 0.369. The van der Waals surface area contributed by atoms with Crippen LogP contribution in [0.4, 0.5) is 0 Å². The molecule has 0 spiro atoms. The first-order valence-corrected chi connectivity index (χ1v) is 6.25. The highest BCUT2D eigenvalue weighted by Gasteiger charge is 2.25. The van der Waals surface area contributed by atoms with E-state index in [2.05, 4.69) is 31.2 Å². The Balaban J connectivity index is 2.12. The summed E-state index contributed by atoms with van der Waals surface area (Å²) < 4.78 is 5.74. The molecule has 0 aromatic heterocycles. The minimum atomic E-state index is 0.331. The minimum Gasteiger partial charge on any atom is -0.378 e. The Morgan fingerprint density at radius 3 is 2.62 bits per heavy atom. The van der Waals surface area contributed by atoms with Crippen LogP contribution in [0.3, 0.4) is 0 Å². The van der Waals surface area contributed by atoms with Gasteiger partial charge in [0.25, 0.3) is 0 Å². The SMILES string of the molecule is CCc1ccc(C(CN)C2CCCO2)cc1. The van der Waals surface area contributed by atoms with Crippen molar-refractivity contribution in [2.45, 2.75) is 38.2 Å². The van der Waals surface area contributed by atoms with Crippen molar-refractivity contribution >= 4 is 0 Å². The van der Waals surface area contributed by atoms with Crippen molar-refractivity contribution in [3.63, 3.8) is 0 Å². The molecule has 1 aromatic carbocycles. The second-order valence-corrected chi connectivity index (χ2v) is 4.49. The van der Waals surface area contributed by atoms with Crippen LogP contribution in [0.1, 0.15) is 36.8 Å². The molecule has 1 aliphatic rings. The van der Waals surface area contributed by atoms with Crippen LogP contribution in [-0.2, 0) is 11.2 Å². The summed E-state index contributed by atoms with van der Waals surface area (Å²) in [6.07, 6.45) is 3.75. The number of ether oxygens (including phenoxy) is 1. The van der Waals surface area contributed by atoms with E-state index in [1.165, 1.54) is 17.5 Å². The topological polar surface area (TPSA) is 35.2 Å². The van der Waals surface area contributed by atoms with E-state index < -0.39 is 0 Å². The number of rotatable bonds is 4. The Hall–Kier alpha value is -0.860. The van der Waals surface area contributed by atoms with E-state index >= 15 is 0 Å². The normalized spacial score (nSPS) is 22.2. The number of benzene rings is 1. The molecule has 0 radical (unpaired) electrons. The van der Waals surface area contributed by atoms with Crippen molar-refractivity contribution in [3.8, 4) is 0 Å². The standard InChI is InChI=1S/C14H21NO/c1-2-11-5-7-12(8-6-11)13(10-15)14-4-3-9-16-14/h5-8,13-14H,2-4,9-10,15H2,1H3. The molecule has 1 aliphatic heterocycles. The van der Waals surface area contributed by atoms with Crippen molar-refractivity contribution in [2.75, 3.05) is 13.2 Å². The van der Waals surface area contributed by atoms with Gasteiger partial charge in [-0.2, -0.15) is 0 Å². The van der Waals surface area contributed by atoms with Gasteiger partial charge in [-0.3, -0.25) is 0 Å². The van der Waals surface area contributed by atoms with Gasteiger partial charge in [-0.05, 0) is 30.4 Å². The zero-order chi connectivity index (χ0) is 11.4. The lowest BCUT2D eigenvalue weighted by molar-refractivity contribution is 0.0905. The van der Waals surface area contributed by atoms with Gasteiger partial charge in [-0.1, -0.05) is 31.2 Å². The molecule has 2 nitrogen and oxygen atoms in total. The molecular formula is C14H21NO. The van der Waals surface area contributed by atoms with E-state index in [4.69, 9.17) is 10.5 Å². The highest BCUT2D eigenvalue weighted by Crippen LogP contribution is 2.28. The van der Waals surface area contributed by atoms with Gasteiger partial charge in [0.2, 0.25) is 0 Å². The van der Waals surface area contributed by atoms with Gasteiger partial charge < -0.3 is 10.5 Å². The summed E-state index contributed by atoms with van der Waals surface area (Å²) in [7, 11) is 0. The molecule has 1 aromatic rings. The third-order valence-electron chi connectivity index (χ3n) is 3.48. The summed E-state index contributed by atoms with van der Waals surface area (Å²) in [6, 6.07) is 8.82. The molecule has 2 N–H and O–H groups in total. The van der Waals surface area contributed by atoms with Crippen molar-refractivity contribution in [2.24, 2.45) is 5.73 Å². The smallest absolute Gasteiger partial charge is 0.0656 e. The van der Waals surface area contributed by atoms with Crippen molar-refractivity contribution in [3.05, 3.63) is 35.4 Å². The molecule has 2 rings (SSSR count). The van der Waals surface area contributed by atoms with Crippen LogP contribution >= 0.6 is 0 Å². The van der Waals surface area contributed by atoms with Crippen molar-refractivity contribution in [1.82, 2.24) is 0 Å². The number of hydrogen-bond donors (Lipinski definition) is 1. The number of hydrogen-bond acceptors (Lipinski definition) is 2. The van der Waals surface area contributed by atoms with E-state index in [0.717, 1.165) is 19.4 Å². The minimum absolute atomic E-state index is 0.331. The van der Waals surface area contributed by atoms with Crippen molar-refractivity contribution < 1.29 is 4.74 Å². The quantitative estimate of drug-likeness (QED) is 0.844. The first-order chi connectivity index (χ1) is 7.85. The third-order valence-corrected chi connectivity index (χ3v) is 3.48. The van der Waals surface area contributed by atoms with Gasteiger partial charge in [0.15, 0.2) is 0 Å². The fourth-order valence-corrected chi connectivity index (χ4v) is 2.42. The lowest BCUT2D eigenvalue weighted by Gasteiger charge is -2.21. The van der Waals surface area contributed by atoms with E-state index in [1.807, 2.05) is 0 Å². The van der Waals surface area contributed by atoms with Crippen molar-refractivity contribution in [1.29, 1.82) is 0 Å². The molecule has 0 aliphatic carbocycles. The fourth-order valence-electron chi connectivity index (χ4n) is 2.42. The van der Waals surface area contributed by atoms with Crippen LogP contribution in [0, 0.1) is 0 Å². The maximum Gasteiger partial charge on any atom is 0.0656 e. The maximum atomic E-state index is 5.88. The lowest BCUT2D eigenvalue weighted by Crippen LogP contribution is -2.25. The van der Waals surface area contributed by atoms with Gasteiger partial charge in [0, 0.05) is 19.1 Å². The Labute approximate surface area is 97.8 Å². The van der Waals surface area contributed by atoms with E-state index in [-0.39, 0.29) is 0 Å². The van der Waals surface area contributed by atoms with Gasteiger partial charge >= 0.3 is 0 Å². The van der Waals surface area contributed by atoms with E-state index in [9.17, 15) is 0 Å². The van der Waals surface area contributed by atoms with Crippen LogP contribution in [0.25, 0.3) is 0 Å². The molecule has 2 heteroatoms. The van der Waals surface area contributed by atoms with Crippen LogP contribution in [0.2, 0.25) is 0 Å². The molecular weight excluding hydrogens is 198 g/mol. The maximum absolute atomic E-state index is 5.88. The molecule has 0 bridgehead atoms. The van der Waals surface area contributed by atoms with Gasteiger partial charge in [-0.25, -0.2) is 0 Å². The van der Waals surface area contributed by atoms with E-state index in [0.29, 0.717) is 18.6 Å². The van der Waals surface area contributed by atoms with Gasteiger partial charge in [-0.15, -0.1) is 0 Å². The molecule has 16 heavy (non-hydrogen) atoms. The summed E-state index contributed by atoms with van der Waals surface area (Å²) in [4.78, 5) is 0. The number of aryl methyl sites for hydroxylation is 1. The second kappa shape index (κ2) is 5.46. The molecule has 88 valence electrons. The summed E-state index contributed by atoms with van der Waals surface area (Å²) in [5.41, 5.74) is 8.58. The van der Waals surface area contributed by atoms with Gasteiger partial charge in [0.05, 0.1) is 6.10 Å². The predicted octanol–water partition coefficient (Wildman–Crippen LogP) is 2.47. The van der Waals surface area contributed by atoms with Crippen LogP contribution in [-0.4, -0.2) is 19.3 Å². The molecule has 2 atom stereocenters. The summed E-state index contributed by atoms with van der Waals surface area (Å²) in [5, 5.41) is 0. The Morgan fingerprint density at radius 1 is 1.38 bits per heavy atom. The lowest BCUT2D eigenvalue weighted by atomic mass is 9.91. The Bertz CT molecular complexity index is 314. The molecule has 1 fully saturated rings. The number of nitrogens with two attached hydrogens (primary N) is 1. The average molecular weight is 219 g/mol. The molecule has 2 unspecified atom stereocenters. The zero-order valence-corrected chi connectivity index (χ0v) is 9.99. The average Bonchev–Trinajstić information content (AvgIpc) is 2.85. The fraction of sp³-hybridized carbons (Fsp3) is 0.571. The van der Waals surface area contributed by atoms with Crippen LogP contribution in [0.5, 0.6) is 0 Å².